The topological polar surface area (TPSA) is 61.5 Å². The first-order valence-corrected chi connectivity index (χ1v) is 6.35. The number of hydrogen-bond acceptors (Lipinski definition) is 4. The molecule has 2 N–H and O–H groups in total. The Balaban J connectivity index is 0.00000180. The maximum atomic E-state index is 11.2. The Morgan fingerprint density at radius 3 is 2.95 bits per heavy atom. The molecule has 0 aliphatic heterocycles. The number of aryl methyl sites for hydroxylation is 1. The third-order valence-electron chi connectivity index (χ3n) is 3.11. The third kappa shape index (κ3) is 4.40. The standard InChI is InChI=1S/C14H19NO3.ClH/c1-2-17-14(16)9-18-13-6-4-10-3-5-12(15)7-11(10)8-13;/h4,6,8,12H,2-3,5,7,9,15H2,1H3;1H/t12-;/m0./s1. The molecule has 106 valence electrons. The SMILES string of the molecule is CCOC(=O)COc1ccc2c(c1)C[C@@H](N)CC2.Cl. The van der Waals surface area contributed by atoms with Crippen molar-refractivity contribution in [1.82, 2.24) is 0 Å². The van der Waals surface area contributed by atoms with Crippen LogP contribution in [0.1, 0.15) is 24.5 Å². The number of esters is 1. The molecule has 0 radical (unpaired) electrons. The molecule has 2 rings (SSSR count). The second-order valence-electron chi connectivity index (χ2n) is 4.53. The Morgan fingerprint density at radius 2 is 2.21 bits per heavy atom. The summed E-state index contributed by atoms with van der Waals surface area (Å²) < 4.78 is 10.2. The van der Waals surface area contributed by atoms with Crippen molar-refractivity contribution in [2.45, 2.75) is 32.2 Å². The summed E-state index contributed by atoms with van der Waals surface area (Å²) >= 11 is 0. The van der Waals surface area contributed by atoms with Crippen molar-refractivity contribution in [1.29, 1.82) is 0 Å². The molecule has 0 saturated carbocycles. The molecule has 19 heavy (non-hydrogen) atoms. The van der Waals surface area contributed by atoms with Crippen LogP contribution in [0.15, 0.2) is 18.2 Å². The second-order valence-corrected chi connectivity index (χ2v) is 4.53. The van der Waals surface area contributed by atoms with Gasteiger partial charge in [-0.1, -0.05) is 6.07 Å². The summed E-state index contributed by atoms with van der Waals surface area (Å²) in [5.41, 5.74) is 8.51. The zero-order chi connectivity index (χ0) is 13.0. The van der Waals surface area contributed by atoms with Gasteiger partial charge in [0, 0.05) is 6.04 Å². The van der Waals surface area contributed by atoms with Crippen LogP contribution < -0.4 is 10.5 Å². The first kappa shape index (κ1) is 15.8. The summed E-state index contributed by atoms with van der Waals surface area (Å²) in [6.07, 6.45) is 2.94. The van der Waals surface area contributed by atoms with E-state index >= 15 is 0 Å². The lowest BCUT2D eigenvalue weighted by Gasteiger charge is -2.21. The van der Waals surface area contributed by atoms with E-state index in [1.807, 2.05) is 12.1 Å². The maximum Gasteiger partial charge on any atom is 0.344 e. The van der Waals surface area contributed by atoms with Gasteiger partial charge in [-0.05, 0) is 49.4 Å². The monoisotopic (exact) mass is 285 g/mol. The molecule has 5 heteroatoms. The van der Waals surface area contributed by atoms with Crippen LogP contribution in [-0.2, 0) is 22.4 Å². The average Bonchev–Trinajstić information content (AvgIpc) is 2.36. The third-order valence-corrected chi connectivity index (χ3v) is 3.11. The van der Waals surface area contributed by atoms with Crippen LogP contribution in [-0.4, -0.2) is 25.2 Å². The minimum atomic E-state index is -0.341. The number of benzene rings is 1. The summed E-state index contributed by atoms with van der Waals surface area (Å²) in [5.74, 6) is 0.364. The molecule has 1 aliphatic carbocycles. The van der Waals surface area contributed by atoms with E-state index in [1.165, 1.54) is 11.1 Å². The van der Waals surface area contributed by atoms with Gasteiger partial charge < -0.3 is 15.2 Å². The number of fused-ring (bicyclic) bond motifs is 1. The van der Waals surface area contributed by atoms with E-state index in [4.69, 9.17) is 15.2 Å². The van der Waals surface area contributed by atoms with Gasteiger partial charge in [0.25, 0.3) is 0 Å². The summed E-state index contributed by atoms with van der Waals surface area (Å²) in [4.78, 5) is 11.2. The molecular weight excluding hydrogens is 266 g/mol. The van der Waals surface area contributed by atoms with Crippen molar-refractivity contribution in [3.63, 3.8) is 0 Å². The zero-order valence-electron chi connectivity index (χ0n) is 11.1. The van der Waals surface area contributed by atoms with Gasteiger partial charge in [0.1, 0.15) is 5.75 Å². The van der Waals surface area contributed by atoms with Gasteiger partial charge in [-0.2, -0.15) is 0 Å². The minimum Gasteiger partial charge on any atom is -0.482 e. The van der Waals surface area contributed by atoms with Crippen LogP contribution >= 0.6 is 12.4 Å². The average molecular weight is 286 g/mol. The van der Waals surface area contributed by atoms with Crippen molar-refractivity contribution < 1.29 is 14.3 Å². The van der Waals surface area contributed by atoms with Crippen molar-refractivity contribution in [2.75, 3.05) is 13.2 Å². The fourth-order valence-corrected chi connectivity index (χ4v) is 2.20. The molecule has 0 saturated heterocycles. The highest BCUT2D eigenvalue weighted by atomic mass is 35.5. The summed E-state index contributed by atoms with van der Waals surface area (Å²) in [6.45, 7) is 2.11. The molecule has 0 bridgehead atoms. The number of carbonyl (C=O) groups is 1. The van der Waals surface area contributed by atoms with Crippen LogP contribution in [0, 0.1) is 0 Å². The van der Waals surface area contributed by atoms with Gasteiger partial charge >= 0.3 is 5.97 Å². The van der Waals surface area contributed by atoms with Crippen LogP contribution in [0.3, 0.4) is 0 Å². The number of ether oxygens (including phenoxy) is 2. The highest BCUT2D eigenvalue weighted by Gasteiger charge is 2.16. The lowest BCUT2D eigenvalue weighted by atomic mass is 9.89. The van der Waals surface area contributed by atoms with Crippen LogP contribution in [0.5, 0.6) is 5.75 Å². The zero-order valence-corrected chi connectivity index (χ0v) is 11.9. The largest absolute Gasteiger partial charge is 0.482 e. The van der Waals surface area contributed by atoms with Gasteiger partial charge in [-0.15, -0.1) is 12.4 Å². The van der Waals surface area contributed by atoms with Crippen LogP contribution in [0.2, 0.25) is 0 Å². The van der Waals surface area contributed by atoms with Gasteiger partial charge in [-0.25, -0.2) is 4.79 Å². The van der Waals surface area contributed by atoms with Gasteiger partial charge in [0.2, 0.25) is 0 Å². The summed E-state index contributed by atoms with van der Waals surface area (Å²) in [5, 5.41) is 0. The molecule has 0 amide bonds. The Kier molecular flexibility index (Phi) is 6.12. The molecule has 0 unspecified atom stereocenters. The van der Waals surface area contributed by atoms with E-state index in [0.717, 1.165) is 19.3 Å². The van der Waals surface area contributed by atoms with Crippen LogP contribution in [0.4, 0.5) is 0 Å². The van der Waals surface area contributed by atoms with Gasteiger partial charge in [0.15, 0.2) is 6.61 Å². The second kappa shape index (κ2) is 7.36. The fourth-order valence-electron chi connectivity index (χ4n) is 2.20. The summed E-state index contributed by atoms with van der Waals surface area (Å²) in [7, 11) is 0. The number of nitrogens with two attached hydrogens (primary N) is 1. The Labute approximate surface area is 119 Å². The van der Waals surface area contributed by atoms with Crippen LogP contribution in [0.25, 0.3) is 0 Å². The molecule has 1 aliphatic rings. The van der Waals surface area contributed by atoms with Crippen molar-refractivity contribution in [2.24, 2.45) is 5.73 Å². The first-order valence-electron chi connectivity index (χ1n) is 6.35. The molecule has 4 nitrogen and oxygen atoms in total. The van der Waals surface area contributed by atoms with Crippen molar-refractivity contribution in [3.05, 3.63) is 29.3 Å². The van der Waals surface area contributed by atoms with E-state index in [2.05, 4.69) is 6.07 Å². The van der Waals surface area contributed by atoms with E-state index < -0.39 is 0 Å². The van der Waals surface area contributed by atoms with E-state index in [0.29, 0.717) is 12.4 Å². The van der Waals surface area contributed by atoms with Crippen molar-refractivity contribution in [3.8, 4) is 5.75 Å². The number of carbonyl (C=O) groups excluding carboxylic acids is 1. The number of rotatable bonds is 4. The normalized spacial score (nSPS) is 17.1. The molecule has 1 aromatic carbocycles. The summed E-state index contributed by atoms with van der Waals surface area (Å²) in [6, 6.07) is 6.17. The van der Waals surface area contributed by atoms with E-state index in [1.54, 1.807) is 6.92 Å². The molecular formula is C14H20ClNO3. The molecule has 0 heterocycles. The highest BCUT2D eigenvalue weighted by molar-refractivity contribution is 5.85. The first-order chi connectivity index (χ1) is 8.69. The van der Waals surface area contributed by atoms with Crippen molar-refractivity contribution >= 4 is 18.4 Å². The Morgan fingerprint density at radius 1 is 1.42 bits per heavy atom. The van der Waals surface area contributed by atoms with E-state index in [-0.39, 0.29) is 31.0 Å². The maximum absolute atomic E-state index is 11.2. The number of halogens is 1. The lowest BCUT2D eigenvalue weighted by molar-refractivity contribution is -0.145. The van der Waals surface area contributed by atoms with Gasteiger partial charge in [0.05, 0.1) is 6.61 Å². The quantitative estimate of drug-likeness (QED) is 0.858. The van der Waals surface area contributed by atoms with E-state index in [9.17, 15) is 4.79 Å². The fraction of sp³-hybridized carbons (Fsp3) is 0.500. The predicted molar refractivity (Wildman–Crippen MR) is 75.8 cm³/mol. The molecule has 1 aromatic rings. The molecule has 1 atom stereocenters. The lowest BCUT2D eigenvalue weighted by Crippen LogP contribution is -2.27. The Bertz CT molecular complexity index is 437. The molecule has 0 fully saturated rings. The highest BCUT2D eigenvalue weighted by Crippen LogP contribution is 2.24. The number of hydrogen-bond donors (Lipinski definition) is 1. The molecule has 0 aromatic heterocycles. The van der Waals surface area contributed by atoms with Gasteiger partial charge in [-0.3, -0.25) is 0 Å². The Hall–Kier alpha value is -1.26. The predicted octanol–water partition coefficient (Wildman–Crippen LogP) is 1.87. The smallest absolute Gasteiger partial charge is 0.344 e. The molecule has 0 spiro atoms. The minimum absolute atomic E-state index is 0.